The molecule has 0 spiro atoms. The number of carbonyl (C=O) groups is 1. The third kappa shape index (κ3) is 4.03. The van der Waals surface area contributed by atoms with E-state index in [4.69, 9.17) is 16.3 Å². The number of halogens is 4. The standard InChI is InChI=1S/C14H16ClF3N2O2/c1-2-22-13(21)9-3-5-20(6-4-9)12-8-10(14(16,17)18)7-11(15)19-12/h7-9H,2-6H2,1H3. The molecule has 8 heteroatoms. The minimum Gasteiger partial charge on any atom is -0.466 e. The van der Waals surface area contributed by atoms with Crippen LogP contribution in [0.15, 0.2) is 12.1 Å². The van der Waals surface area contributed by atoms with Crippen LogP contribution in [0.4, 0.5) is 19.0 Å². The van der Waals surface area contributed by atoms with Gasteiger partial charge in [0.1, 0.15) is 11.0 Å². The lowest BCUT2D eigenvalue weighted by Crippen LogP contribution is -2.37. The molecule has 0 amide bonds. The van der Waals surface area contributed by atoms with Gasteiger partial charge in [-0.2, -0.15) is 13.2 Å². The van der Waals surface area contributed by atoms with Gasteiger partial charge >= 0.3 is 12.1 Å². The molecule has 1 fully saturated rings. The second-order valence-corrected chi connectivity index (χ2v) is 5.44. The van der Waals surface area contributed by atoms with E-state index >= 15 is 0 Å². The average molecular weight is 337 g/mol. The van der Waals surface area contributed by atoms with Gasteiger partial charge in [-0.1, -0.05) is 11.6 Å². The van der Waals surface area contributed by atoms with Crippen LogP contribution in [0.1, 0.15) is 25.3 Å². The molecule has 22 heavy (non-hydrogen) atoms. The van der Waals surface area contributed by atoms with Gasteiger partial charge in [0.25, 0.3) is 0 Å². The topological polar surface area (TPSA) is 42.4 Å². The van der Waals surface area contributed by atoms with Crippen LogP contribution in [-0.2, 0) is 15.7 Å². The Morgan fingerprint density at radius 3 is 2.59 bits per heavy atom. The second kappa shape index (κ2) is 6.73. The fourth-order valence-corrected chi connectivity index (χ4v) is 2.62. The number of ether oxygens (including phenoxy) is 1. The van der Waals surface area contributed by atoms with Gasteiger partial charge in [-0.05, 0) is 31.9 Å². The van der Waals surface area contributed by atoms with Gasteiger partial charge in [0.15, 0.2) is 0 Å². The summed E-state index contributed by atoms with van der Waals surface area (Å²) in [7, 11) is 0. The maximum Gasteiger partial charge on any atom is 0.416 e. The molecule has 122 valence electrons. The summed E-state index contributed by atoms with van der Waals surface area (Å²) in [6.07, 6.45) is -3.42. The molecule has 4 nitrogen and oxygen atoms in total. The summed E-state index contributed by atoms with van der Waals surface area (Å²) in [5.74, 6) is -0.281. The lowest BCUT2D eigenvalue weighted by Gasteiger charge is -2.32. The van der Waals surface area contributed by atoms with E-state index in [1.54, 1.807) is 11.8 Å². The zero-order valence-corrected chi connectivity index (χ0v) is 12.7. The van der Waals surface area contributed by atoms with Crippen molar-refractivity contribution < 1.29 is 22.7 Å². The molecular formula is C14H16ClF3N2O2. The summed E-state index contributed by atoms with van der Waals surface area (Å²) in [6.45, 7) is 2.94. The zero-order valence-electron chi connectivity index (χ0n) is 12.0. The Morgan fingerprint density at radius 2 is 2.05 bits per heavy atom. The maximum atomic E-state index is 12.8. The molecule has 1 aromatic rings. The lowest BCUT2D eigenvalue weighted by atomic mass is 9.97. The summed E-state index contributed by atoms with van der Waals surface area (Å²) in [5, 5.41) is -0.197. The Kier molecular flexibility index (Phi) is 5.16. The molecule has 1 aliphatic rings. The number of rotatable bonds is 3. The van der Waals surface area contributed by atoms with Gasteiger partial charge < -0.3 is 9.64 Å². The number of pyridine rings is 1. The van der Waals surface area contributed by atoms with Gasteiger partial charge in [0.05, 0.1) is 18.1 Å². The number of hydrogen-bond acceptors (Lipinski definition) is 4. The van der Waals surface area contributed by atoms with Crippen LogP contribution in [0.2, 0.25) is 5.15 Å². The van der Waals surface area contributed by atoms with Crippen LogP contribution in [0.25, 0.3) is 0 Å². The van der Waals surface area contributed by atoms with Crippen molar-refractivity contribution >= 4 is 23.4 Å². The van der Waals surface area contributed by atoms with E-state index in [-0.39, 0.29) is 22.9 Å². The van der Waals surface area contributed by atoms with Crippen LogP contribution in [-0.4, -0.2) is 30.6 Å². The van der Waals surface area contributed by atoms with Gasteiger partial charge in [0, 0.05) is 13.1 Å². The molecule has 0 atom stereocenters. The third-order valence-corrected chi connectivity index (χ3v) is 3.74. The molecule has 0 N–H and O–H groups in total. The maximum absolute atomic E-state index is 12.8. The molecule has 0 unspecified atom stereocenters. The highest BCUT2D eigenvalue weighted by Gasteiger charge is 2.33. The Balaban J connectivity index is 2.08. The van der Waals surface area contributed by atoms with Crippen LogP contribution in [0.3, 0.4) is 0 Å². The largest absolute Gasteiger partial charge is 0.466 e. The van der Waals surface area contributed by atoms with E-state index in [0.717, 1.165) is 12.1 Å². The lowest BCUT2D eigenvalue weighted by molar-refractivity contribution is -0.148. The summed E-state index contributed by atoms with van der Waals surface area (Å²) in [6, 6.07) is 1.78. The van der Waals surface area contributed by atoms with E-state index in [9.17, 15) is 18.0 Å². The molecule has 0 saturated carbocycles. The van der Waals surface area contributed by atoms with Gasteiger partial charge in [-0.15, -0.1) is 0 Å². The van der Waals surface area contributed by atoms with Crippen LogP contribution in [0.5, 0.6) is 0 Å². The van der Waals surface area contributed by atoms with Crippen molar-refractivity contribution in [3.8, 4) is 0 Å². The highest BCUT2D eigenvalue weighted by Crippen LogP contribution is 2.33. The molecule has 1 aromatic heterocycles. The zero-order chi connectivity index (χ0) is 16.3. The van der Waals surface area contributed by atoms with Crippen molar-refractivity contribution in [2.24, 2.45) is 5.92 Å². The van der Waals surface area contributed by atoms with E-state index in [2.05, 4.69) is 4.98 Å². The molecule has 1 saturated heterocycles. The first-order valence-corrected chi connectivity index (χ1v) is 7.35. The highest BCUT2D eigenvalue weighted by atomic mass is 35.5. The summed E-state index contributed by atoms with van der Waals surface area (Å²) >= 11 is 5.68. The van der Waals surface area contributed by atoms with Crippen molar-refractivity contribution in [1.29, 1.82) is 0 Å². The van der Waals surface area contributed by atoms with Gasteiger partial charge in [-0.3, -0.25) is 4.79 Å². The summed E-state index contributed by atoms with van der Waals surface area (Å²) < 4.78 is 43.4. The number of anilines is 1. The molecule has 1 aliphatic heterocycles. The normalized spacial score (nSPS) is 16.7. The fraction of sp³-hybridized carbons (Fsp3) is 0.571. The quantitative estimate of drug-likeness (QED) is 0.625. The minimum absolute atomic E-state index is 0.183. The minimum atomic E-state index is -4.47. The van der Waals surface area contributed by atoms with Crippen molar-refractivity contribution in [1.82, 2.24) is 4.98 Å². The third-order valence-electron chi connectivity index (χ3n) is 3.55. The Labute approximate surface area is 131 Å². The van der Waals surface area contributed by atoms with Crippen molar-refractivity contribution in [3.05, 3.63) is 22.8 Å². The number of alkyl halides is 3. The SMILES string of the molecule is CCOC(=O)C1CCN(c2cc(C(F)(F)F)cc(Cl)n2)CC1. The molecule has 0 radical (unpaired) electrons. The number of piperidine rings is 1. The molecule has 2 rings (SSSR count). The Morgan fingerprint density at radius 1 is 1.41 bits per heavy atom. The monoisotopic (exact) mass is 336 g/mol. The first-order valence-electron chi connectivity index (χ1n) is 6.97. The smallest absolute Gasteiger partial charge is 0.416 e. The Hall–Kier alpha value is -1.50. The predicted molar refractivity (Wildman–Crippen MR) is 75.8 cm³/mol. The number of aromatic nitrogens is 1. The Bertz CT molecular complexity index is 543. The van der Waals surface area contributed by atoms with Crippen LogP contribution >= 0.6 is 11.6 Å². The van der Waals surface area contributed by atoms with E-state index in [1.165, 1.54) is 0 Å². The first-order chi connectivity index (χ1) is 10.3. The molecule has 0 aliphatic carbocycles. The van der Waals surface area contributed by atoms with Crippen molar-refractivity contribution in [3.63, 3.8) is 0 Å². The van der Waals surface area contributed by atoms with E-state index < -0.39 is 11.7 Å². The molecular weight excluding hydrogens is 321 g/mol. The van der Waals surface area contributed by atoms with Gasteiger partial charge in [0.2, 0.25) is 0 Å². The van der Waals surface area contributed by atoms with Crippen LogP contribution < -0.4 is 4.90 Å². The van der Waals surface area contributed by atoms with Crippen molar-refractivity contribution in [2.45, 2.75) is 25.9 Å². The summed E-state index contributed by atoms with van der Waals surface area (Å²) in [5.41, 5.74) is -0.824. The molecule has 0 aromatic carbocycles. The predicted octanol–water partition coefficient (Wildman–Crippen LogP) is 3.53. The highest BCUT2D eigenvalue weighted by molar-refractivity contribution is 6.29. The van der Waals surface area contributed by atoms with Crippen molar-refractivity contribution in [2.75, 3.05) is 24.6 Å². The van der Waals surface area contributed by atoms with E-state index in [1.807, 2.05) is 0 Å². The number of carbonyl (C=O) groups excluding carboxylic acids is 1. The van der Waals surface area contributed by atoms with Gasteiger partial charge in [-0.25, -0.2) is 4.98 Å². The summed E-state index contributed by atoms with van der Waals surface area (Å²) in [4.78, 5) is 17.3. The number of esters is 1. The van der Waals surface area contributed by atoms with Crippen LogP contribution in [0, 0.1) is 5.92 Å². The number of hydrogen-bond donors (Lipinski definition) is 0. The first kappa shape index (κ1) is 16.9. The number of nitrogens with zero attached hydrogens (tertiary/aromatic N) is 2. The van der Waals surface area contributed by atoms with E-state index in [0.29, 0.717) is 32.5 Å². The average Bonchev–Trinajstić information content (AvgIpc) is 2.46. The molecule has 0 bridgehead atoms. The fourth-order valence-electron chi connectivity index (χ4n) is 2.41. The molecule has 2 heterocycles. The second-order valence-electron chi connectivity index (χ2n) is 5.05.